The van der Waals surface area contributed by atoms with Gasteiger partial charge in [0.25, 0.3) is 5.91 Å². The largest absolute Gasteiger partial charge is 0.352 e. The first kappa shape index (κ1) is 15.0. The van der Waals surface area contributed by atoms with Crippen LogP contribution >= 0.6 is 0 Å². The number of carbonyl (C=O) groups is 1. The molecule has 22 heavy (non-hydrogen) atoms. The second-order valence-electron chi connectivity index (χ2n) is 5.87. The molecule has 0 bridgehead atoms. The smallest absolute Gasteiger partial charge is 0.251 e. The molecule has 1 aliphatic rings. The van der Waals surface area contributed by atoms with E-state index in [2.05, 4.69) is 16.6 Å². The summed E-state index contributed by atoms with van der Waals surface area (Å²) in [5.74, 6) is 0.0336. The third-order valence-electron chi connectivity index (χ3n) is 4.26. The highest BCUT2D eigenvalue weighted by molar-refractivity contribution is 6.06. The average Bonchev–Trinajstić information content (AvgIpc) is 3.07. The lowest BCUT2D eigenvalue weighted by molar-refractivity contribution is 0.0954. The van der Waals surface area contributed by atoms with Gasteiger partial charge in [-0.2, -0.15) is 0 Å². The molecule has 1 N–H and O–H groups in total. The third-order valence-corrected chi connectivity index (χ3v) is 4.26. The van der Waals surface area contributed by atoms with Crippen LogP contribution in [0, 0.1) is 6.42 Å². The van der Waals surface area contributed by atoms with Gasteiger partial charge in [0, 0.05) is 18.7 Å². The number of hydrogen-bond acceptors (Lipinski definition) is 2. The Hall–Kier alpha value is -1.87. The summed E-state index contributed by atoms with van der Waals surface area (Å²) in [5, 5.41) is 5.19. The van der Waals surface area contributed by atoms with E-state index >= 15 is 0 Å². The Morgan fingerprint density at radius 2 is 1.95 bits per heavy atom. The Morgan fingerprint density at radius 1 is 1.09 bits per heavy atom. The average molecular weight is 295 g/mol. The monoisotopic (exact) mass is 295 g/mol. The molecular formula is C19H23N2O. The molecule has 0 aliphatic carbocycles. The van der Waals surface area contributed by atoms with Crippen molar-refractivity contribution < 1.29 is 4.79 Å². The number of unbranched alkanes of at least 4 members (excludes halogenated alkanes) is 1. The van der Waals surface area contributed by atoms with Gasteiger partial charge in [-0.25, -0.2) is 0 Å². The predicted molar refractivity (Wildman–Crippen MR) is 90.9 cm³/mol. The lowest BCUT2D eigenvalue weighted by Crippen LogP contribution is -2.26. The minimum Gasteiger partial charge on any atom is -0.352 e. The summed E-state index contributed by atoms with van der Waals surface area (Å²) >= 11 is 0. The molecular weight excluding hydrogens is 272 g/mol. The third kappa shape index (κ3) is 3.66. The van der Waals surface area contributed by atoms with Crippen molar-refractivity contribution >= 4 is 16.7 Å². The van der Waals surface area contributed by atoms with Gasteiger partial charge in [0.15, 0.2) is 0 Å². The maximum Gasteiger partial charge on any atom is 0.251 e. The molecule has 3 rings (SSSR count). The summed E-state index contributed by atoms with van der Waals surface area (Å²) in [6.45, 7) is 4.21. The molecule has 1 saturated heterocycles. The van der Waals surface area contributed by atoms with Crippen LogP contribution in [0.25, 0.3) is 10.8 Å². The highest BCUT2D eigenvalue weighted by Crippen LogP contribution is 2.18. The minimum absolute atomic E-state index is 0.0336. The zero-order valence-electron chi connectivity index (χ0n) is 12.9. The van der Waals surface area contributed by atoms with E-state index in [1.807, 2.05) is 42.5 Å². The van der Waals surface area contributed by atoms with Gasteiger partial charge in [0.2, 0.25) is 0 Å². The summed E-state index contributed by atoms with van der Waals surface area (Å²) in [7, 11) is 0. The molecule has 3 heteroatoms. The van der Waals surface area contributed by atoms with Crippen molar-refractivity contribution in [1.29, 1.82) is 0 Å². The fourth-order valence-corrected chi connectivity index (χ4v) is 3.02. The van der Waals surface area contributed by atoms with E-state index < -0.39 is 0 Å². The van der Waals surface area contributed by atoms with E-state index in [1.165, 1.54) is 13.0 Å². The number of amides is 1. The van der Waals surface area contributed by atoms with Crippen molar-refractivity contribution in [1.82, 2.24) is 10.2 Å². The van der Waals surface area contributed by atoms with Gasteiger partial charge in [0.05, 0.1) is 0 Å². The van der Waals surface area contributed by atoms with Crippen molar-refractivity contribution in [3.63, 3.8) is 0 Å². The Labute approximate surface area is 132 Å². The Kier molecular flexibility index (Phi) is 5.07. The van der Waals surface area contributed by atoms with E-state index in [0.717, 1.165) is 48.8 Å². The Balaban J connectivity index is 1.48. The molecule has 1 radical (unpaired) electrons. The van der Waals surface area contributed by atoms with Gasteiger partial charge >= 0.3 is 0 Å². The lowest BCUT2D eigenvalue weighted by atomic mass is 10.0. The van der Waals surface area contributed by atoms with Crippen LogP contribution in [0.5, 0.6) is 0 Å². The maximum atomic E-state index is 12.4. The van der Waals surface area contributed by atoms with Gasteiger partial charge < -0.3 is 10.2 Å². The van der Waals surface area contributed by atoms with Crippen molar-refractivity contribution in [2.45, 2.75) is 19.3 Å². The van der Waals surface area contributed by atoms with Gasteiger partial charge in [-0.3, -0.25) is 4.79 Å². The molecule has 0 unspecified atom stereocenters. The summed E-state index contributed by atoms with van der Waals surface area (Å²) in [6, 6.07) is 13.9. The SMILES string of the molecule is O=C(NCCCCN1C[CH]CC1)c1cccc2ccccc12. The van der Waals surface area contributed by atoms with Crippen molar-refractivity contribution in [2.24, 2.45) is 0 Å². The van der Waals surface area contributed by atoms with Crippen LogP contribution in [-0.4, -0.2) is 37.0 Å². The van der Waals surface area contributed by atoms with Crippen molar-refractivity contribution in [3.8, 4) is 0 Å². The van der Waals surface area contributed by atoms with Crippen LogP contribution in [0.4, 0.5) is 0 Å². The number of likely N-dealkylation sites (tertiary alicyclic amines) is 1. The van der Waals surface area contributed by atoms with Gasteiger partial charge in [-0.15, -0.1) is 0 Å². The van der Waals surface area contributed by atoms with E-state index in [0.29, 0.717) is 0 Å². The topological polar surface area (TPSA) is 32.3 Å². The van der Waals surface area contributed by atoms with Gasteiger partial charge in [-0.1, -0.05) is 36.4 Å². The molecule has 1 aliphatic heterocycles. The van der Waals surface area contributed by atoms with Crippen LogP contribution in [-0.2, 0) is 0 Å². The highest BCUT2D eigenvalue weighted by atomic mass is 16.1. The van der Waals surface area contributed by atoms with E-state index in [9.17, 15) is 4.79 Å². The number of rotatable bonds is 6. The fourth-order valence-electron chi connectivity index (χ4n) is 3.02. The number of nitrogens with one attached hydrogen (secondary N) is 1. The first-order valence-electron chi connectivity index (χ1n) is 8.14. The molecule has 2 aromatic carbocycles. The first-order valence-corrected chi connectivity index (χ1v) is 8.14. The van der Waals surface area contributed by atoms with Gasteiger partial charge in [0.1, 0.15) is 0 Å². The summed E-state index contributed by atoms with van der Waals surface area (Å²) in [6.07, 6.45) is 5.73. The zero-order chi connectivity index (χ0) is 15.2. The number of nitrogens with zero attached hydrogens (tertiary/aromatic N) is 1. The normalized spacial score (nSPS) is 15.3. The van der Waals surface area contributed by atoms with Crippen molar-refractivity contribution in [2.75, 3.05) is 26.2 Å². The lowest BCUT2D eigenvalue weighted by Gasteiger charge is -2.14. The van der Waals surface area contributed by atoms with E-state index in [-0.39, 0.29) is 5.91 Å². The van der Waals surface area contributed by atoms with Gasteiger partial charge in [-0.05, 0) is 55.6 Å². The molecule has 0 aromatic heterocycles. The Bertz CT molecular complexity index is 627. The summed E-state index contributed by atoms with van der Waals surface area (Å²) in [5.41, 5.74) is 0.771. The molecule has 3 nitrogen and oxygen atoms in total. The van der Waals surface area contributed by atoms with Crippen LogP contribution in [0.1, 0.15) is 29.6 Å². The van der Waals surface area contributed by atoms with E-state index in [1.54, 1.807) is 0 Å². The minimum atomic E-state index is 0.0336. The standard InChI is InChI=1S/C19H23N2O/c22-19(20-12-3-4-13-21-14-5-6-15-21)18-11-7-9-16-8-1-2-10-17(16)18/h1-2,5,7-11H,3-4,6,12-15H2,(H,20,22). The predicted octanol–water partition coefficient (Wildman–Crippen LogP) is 3.26. The highest BCUT2D eigenvalue weighted by Gasteiger charge is 2.11. The Morgan fingerprint density at radius 3 is 2.82 bits per heavy atom. The number of fused-ring (bicyclic) bond motifs is 1. The summed E-state index contributed by atoms with van der Waals surface area (Å²) < 4.78 is 0. The molecule has 1 amide bonds. The number of benzene rings is 2. The van der Waals surface area contributed by atoms with Crippen molar-refractivity contribution in [3.05, 3.63) is 54.4 Å². The molecule has 115 valence electrons. The number of carbonyl (C=O) groups excluding carboxylic acids is 1. The van der Waals surface area contributed by atoms with E-state index in [4.69, 9.17) is 0 Å². The molecule has 2 aromatic rings. The maximum absolute atomic E-state index is 12.4. The van der Waals surface area contributed by atoms with Crippen LogP contribution in [0.2, 0.25) is 0 Å². The molecule has 1 fully saturated rings. The summed E-state index contributed by atoms with van der Waals surface area (Å²) in [4.78, 5) is 14.8. The second kappa shape index (κ2) is 7.41. The van der Waals surface area contributed by atoms with Crippen LogP contribution < -0.4 is 5.32 Å². The second-order valence-corrected chi connectivity index (χ2v) is 5.87. The molecule has 0 atom stereocenters. The number of hydrogen-bond donors (Lipinski definition) is 1. The fraction of sp³-hybridized carbons (Fsp3) is 0.368. The molecule has 1 heterocycles. The molecule has 0 saturated carbocycles. The first-order chi connectivity index (χ1) is 10.8. The van der Waals surface area contributed by atoms with Crippen LogP contribution in [0.15, 0.2) is 42.5 Å². The quantitative estimate of drug-likeness (QED) is 0.830. The molecule has 0 spiro atoms. The van der Waals surface area contributed by atoms with Crippen LogP contribution in [0.3, 0.4) is 0 Å². The zero-order valence-corrected chi connectivity index (χ0v) is 12.9.